The highest BCUT2D eigenvalue weighted by atomic mass is 32.1. The average Bonchev–Trinajstić information content (AvgIpc) is 3.33. The average molecular weight is 399 g/mol. The Morgan fingerprint density at radius 2 is 1.93 bits per heavy atom. The molecule has 7 heteroatoms. The van der Waals surface area contributed by atoms with Gasteiger partial charge in [0.25, 0.3) is 0 Å². The number of nitrogens with zero attached hydrogens (tertiary/aromatic N) is 4. The van der Waals surface area contributed by atoms with Gasteiger partial charge in [-0.05, 0) is 24.5 Å². The van der Waals surface area contributed by atoms with Crippen LogP contribution in [-0.4, -0.2) is 59.3 Å². The van der Waals surface area contributed by atoms with Gasteiger partial charge < -0.3 is 4.90 Å². The van der Waals surface area contributed by atoms with Gasteiger partial charge in [-0.15, -0.1) is 11.3 Å². The summed E-state index contributed by atoms with van der Waals surface area (Å²) in [5, 5.41) is 2.64. The first-order valence-electron chi connectivity index (χ1n) is 9.89. The lowest BCUT2D eigenvalue weighted by Crippen LogP contribution is -2.48. The molecule has 2 amide bonds. The van der Waals surface area contributed by atoms with Crippen molar-refractivity contribution in [2.75, 3.05) is 37.6 Å². The van der Waals surface area contributed by atoms with Crippen LogP contribution >= 0.6 is 11.3 Å². The Morgan fingerprint density at radius 1 is 1.14 bits per heavy atom. The van der Waals surface area contributed by atoms with Gasteiger partial charge in [-0.3, -0.25) is 19.4 Å². The molecule has 0 N–H and O–H groups in total. The van der Waals surface area contributed by atoms with Gasteiger partial charge in [0.15, 0.2) is 5.13 Å². The summed E-state index contributed by atoms with van der Waals surface area (Å²) in [7, 11) is 0. The number of piperazine rings is 1. The summed E-state index contributed by atoms with van der Waals surface area (Å²) < 4.78 is 0. The van der Waals surface area contributed by atoms with E-state index < -0.39 is 0 Å². The van der Waals surface area contributed by atoms with E-state index in [0.717, 1.165) is 56.5 Å². The predicted molar refractivity (Wildman–Crippen MR) is 110 cm³/mol. The van der Waals surface area contributed by atoms with E-state index in [2.05, 4.69) is 41.1 Å². The van der Waals surface area contributed by atoms with Gasteiger partial charge in [-0.1, -0.05) is 24.3 Å². The van der Waals surface area contributed by atoms with Gasteiger partial charge in [0.05, 0.1) is 12.1 Å². The summed E-state index contributed by atoms with van der Waals surface area (Å²) in [6.45, 7) is 7.12. The molecule has 1 aromatic carbocycles. The minimum absolute atomic E-state index is 0.125. The second kappa shape index (κ2) is 8.41. The van der Waals surface area contributed by atoms with Gasteiger partial charge in [0, 0.05) is 51.1 Å². The Labute approximate surface area is 169 Å². The van der Waals surface area contributed by atoms with Crippen molar-refractivity contribution in [1.82, 2.24) is 14.8 Å². The van der Waals surface area contributed by atoms with Crippen molar-refractivity contribution in [3.05, 3.63) is 46.5 Å². The van der Waals surface area contributed by atoms with Crippen LogP contribution in [0.15, 0.2) is 29.6 Å². The van der Waals surface area contributed by atoms with Crippen molar-refractivity contribution < 1.29 is 9.59 Å². The molecule has 1 aromatic heterocycles. The molecule has 2 saturated heterocycles. The van der Waals surface area contributed by atoms with Crippen LogP contribution in [0.1, 0.15) is 29.7 Å². The molecule has 2 fully saturated rings. The first-order chi connectivity index (χ1) is 13.6. The summed E-state index contributed by atoms with van der Waals surface area (Å²) in [4.78, 5) is 35.1. The molecule has 2 aliphatic heterocycles. The third kappa shape index (κ3) is 4.25. The van der Waals surface area contributed by atoms with Crippen LogP contribution in [0.25, 0.3) is 0 Å². The molecule has 0 radical (unpaired) electrons. The largest absolute Gasteiger partial charge is 0.340 e. The van der Waals surface area contributed by atoms with E-state index in [4.69, 9.17) is 0 Å². The molecule has 0 aliphatic carbocycles. The second-order valence-electron chi connectivity index (χ2n) is 7.53. The van der Waals surface area contributed by atoms with Crippen LogP contribution in [0.4, 0.5) is 5.13 Å². The summed E-state index contributed by atoms with van der Waals surface area (Å²) in [5.41, 5.74) is 3.44. The van der Waals surface area contributed by atoms with Crippen LogP contribution in [-0.2, 0) is 22.6 Å². The van der Waals surface area contributed by atoms with E-state index in [1.165, 1.54) is 22.5 Å². The Morgan fingerprint density at radius 3 is 2.64 bits per heavy atom. The smallest absolute Gasteiger partial charge is 0.228 e. The van der Waals surface area contributed by atoms with E-state index in [-0.39, 0.29) is 11.8 Å². The molecule has 4 rings (SSSR count). The fourth-order valence-electron chi connectivity index (χ4n) is 3.80. The summed E-state index contributed by atoms with van der Waals surface area (Å²) >= 11 is 1.46. The zero-order valence-corrected chi connectivity index (χ0v) is 17.1. The van der Waals surface area contributed by atoms with Gasteiger partial charge in [-0.25, -0.2) is 4.98 Å². The van der Waals surface area contributed by atoms with Crippen LogP contribution in [0.3, 0.4) is 0 Å². The van der Waals surface area contributed by atoms with E-state index in [9.17, 15) is 9.59 Å². The number of anilines is 1. The third-order valence-electron chi connectivity index (χ3n) is 5.56. The standard InChI is InChI=1S/C21H26N4O2S/c1-16-5-2-3-6-17(16)14-23-9-11-24(12-10-23)20(27)13-18-15-28-21(22-18)25-8-4-7-19(25)26/h2-3,5-6,15H,4,7-14H2,1H3. The number of aromatic nitrogens is 1. The highest BCUT2D eigenvalue weighted by molar-refractivity contribution is 7.14. The summed E-state index contributed by atoms with van der Waals surface area (Å²) in [6, 6.07) is 8.48. The molecule has 3 heterocycles. The fraction of sp³-hybridized carbons (Fsp3) is 0.476. The van der Waals surface area contributed by atoms with Gasteiger partial charge in [-0.2, -0.15) is 0 Å². The topological polar surface area (TPSA) is 56.8 Å². The lowest BCUT2D eigenvalue weighted by molar-refractivity contribution is -0.132. The first kappa shape index (κ1) is 19.1. The number of amides is 2. The summed E-state index contributed by atoms with van der Waals surface area (Å²) in [5.74, 6) is 0.261. The van der Waals surface area contributed by atoms with E-state index >= 15 is 0 Å². The van der Waals surface area contributed by atoms with Crippen LogP contribution < -0.4 is 4.90 Å². The Kier molecular flexibility index (Phi) is 5.73. The van der Waals surface area contributed by atoms with Crippen molar-refractivity contribution in [1.29, 1.82) is 0 Å². The van der Waals surface area contributed by atoms with Crippen molar-refractivity contribution in [3.8, 4) is 0 Å². The third-order valence-corrected chi connectivity index (χ3v) is 6.47. The SMILES string of the molecule is Cc1ccccc1CN1CCN(C(=O)Cc2csc(N3CCCC3=O)n2)CC1. The van der Waals surface area contributed by atoms with Crippen molar-refractivity contribution >= 4 is 28.3 Å². The number of carbonyl (C=O) groups is 2. The van der Waals surface area contributed by atoms with Gasteiger partial charge >= 0.3 is 0 Å². The Hall–Kier alpha value is -2.25. The highest BCUT2D eigenvalue weighted by Crippen LogP contribution is 2.25. The minimum atomic E-state index is 0.125. The number of carbonyl (C=O) groups excluding carboxylic acids is 2. The van der Waals surface area contributed by atoms with Gasteiger partial charge in [0.2, 0.25) is 11.8 Å². The molecule has 6 nitrogen and oxygen atoms in total. The maximum atomic E-state index is 12.7. The monoisotopic (exact) mass is 398 g/mol. The summed E-state index contributed by atoms with van der Waals surface area (Å²) in [6.07, 6.45) is 1.80. The van der Waals surface area contributed by atoms with Gasteiger partial charge in [0.1, 0.15) is 0 Å². The fourth-order valence-corrected chi connectivity index (χ4v) is 4.67. The number of hydrogen-bond acceptors (Lipinski definition) is 5. The maximum absolute atomic E-state index is 12.7. The number of rotatable bonds is 5. The van der Waals surface area contributed by atoms with Crippen LogP contribution in [0.2, 0.25) is 0 Å². The van der Waals surface area contributed by atoms with Crippen LogP contribution in [0, 0.1) is 6.92 Å². The zero-order valence-electron chi connectivity index (χ0n) is 16.3. The molecular weight excluding hydrogens is 372 g/mol. The van der Waals surface area contributed by atoms with E-state index in [1.54, 1.807) is 4.90 Å². The number of aryl methyl sites for hydroxylation is 1. The molecule has 2 aliphatic rings. The molecular formula is C21H26N4O2S. The van der Waals surface area contributed by atoms with Crippen molar-refractivity contribution in [2.24, 2.45) is 0 Å². The quantitative estimate of drug-likeness (QED) is 0.776. The highest BCUT2D eigenvalue weighted by Gasteiger charge is 2.26. The lowest BCUT2D eigenvalue weighted by Gasteiger charge is -2.35. The Balaban J connectivity index is 1.28. The van der Waals surface area contributed by atoms with Crippen molar-refractivity contribution in [3.63, 3.8) is 0 Å². The predicted octanol–water partition coefficient (Wildman–Crippen LogP) is 2.47. The molecule has 28 heavy (non-hydrogen) atoms. The molecule has 0 bridgehead atoms. The number of benzene rings is 1. The molecule has 148 valence electrons. The van der Waals surface area contributed by atoms with E-state index in [1.807, 2.05) is 10.3 Å². The molecule has 0 saturated carbocycles. The lowest BCUT2D eigenvalue weighted by atomic mass is 10.1. The van der Waals surface area contributed by atoms with Crippen molar-refractivity contribution in [2.45, 2.75) is 32.7 Å². The normalized spacial score (nSPS) is 18.1. The minimum Gasteiger partial charge on any atom is -0.340 e. The molecule has 2 aromatic rings. The first-order valence-corrected chi connectivity index (χ1v) is 10.8. The zero-order chi connectivity index (χ0) is 19.5. The molecule has 0 unspecified atom stereocenters. The van der Waals surface area contributed by atoms with E-state index in [0.29, 0.717) is 12.8 Å². The molecule has 0 atom stereocenters. The number of hydrogen-bond donors (Lipinski definition) is 0. The number of thiazole rings is 1. The molecule has 0 spiro atoms. The van der Waals surface area contributed by atoms with Crippen LogP contribution in [0.5, 0.6) is 0 Å². The maximum Gasteiger partial charge on any atom is 0.228 e. The Bertz CT molecular complexity index is 858. The second-order valence-corrected chi connectivity index (χ2v) is 8.37.